The van der Waals surface area contributed by atoms with Crippen molar-refractivity contribution >= 4 is 5.69 Å². The van der Waals surface area contributed by atoms with Crippen molar-refractivity contribution in [2.75, 3.05) is 6.61 Å². The Labute approximate surface area is 124 Å². The third kappa shape index (κ3) is 4.86. The van der Waals surface area contributed by atoms with Crippen LogP contribution < -0.4 is 4.74 Å². The van der Waals surface area contributed by atoms with Gasteiger partial charge >= 0.3 is 0 Å². The number of benzene rings is 1. The first-order valence-corrected chi connectivity index (χ1v) is 7.39. The Morgan fingerprint density at radius 1 is 1.38 bits per heavy atom. The molecule has 1 atom stereocenters. The van der Waals surface area contributed by atoms with E-state index in [1.165, 1.54) is 31.4 Å². The summed E-state index contributed by atoms with van der Waals surface area (Å²) >= 11 is 0. The predicted octanol–water partition coefficient (Wildman–Crippen LogP) is 3.47. The minimum Gasteiger partial charge on any atom is -0.489 e. The summed E-state index contributed by atoms with van der Waals surface area (Å²) in [6.45, 7) is 0.297. The first-order valence-electron chi connectivity index (χ1n) is 7.39. The summed E-state index contributed by atoms with van der Waals surface area (Å²) in [5.74, 6) is 0.814. The van der Waals surface area contributed by atoms with Gasteiger partial charge in [-0.25, -0.2) is 0 Å². The number of aliphatic hydroxyl groups excluding tert-OH is 1. The minimum atomic E-state index is -0.449. The summed E-state index contributed by atoms with van der Waals surface area (Å²) in [5.41, 5.74) is 0.0127. The van der Waals surface area contributed by atoms with E-state index in [2.05, 4.69) is 0 Å². The molecular formula is C16H21NO4. The van der Waals surface area contributed by atoms with Gasteiger partial charge in [-0.05, 0) is 30.9 Å². The number of aliphatic hydroxyl groups is 1. The molecule has 0 spiro atoms. The second kappa shape index (κ2) is 7.78. The van der Waals surface area contributed by atoms with Crippen molar-refractivity contribution in [1.29, 1.82) is 0 Å². The minimum absolute atomic E-state index is 0.0127. The van der Waals surface area contributed by atoms with Crippen LogP contribution >= 0.6 is 0 Å². The van der Waals surface area contributed by atoms with Crippen molar-refractivity contribution < 1.29 is 14.8 Å². The molecule has 114 valence electrons. The third-order valence-electron chi connectivity index (χ3n) is 3.84. The molecule has 0 radical (unpaired) electrons. The van der Waals surface area contributed by atoms with Crippen molar-refractivity contribution in [3.63, 3.8) is 0 Å². The molecule has 5 heteroatoms. The van der Waals surface area contributed by atoms with E-state index < -0.39 is 11.0 Å². The van der Waals surface area contributed by atoms with E-state index in [1.54, 1.807) is 24.3 Å². The van der Waals surface area contributed by atoms with E-state index in [1.807, 2.05) is 0 Å². The van der Waals surface area contributed by atoms with Crippen molar-refractivity contribution in [3.8, 4) is 5.75 Å². The van der Waals surface area contributed by atoms with Gasteiger partial charge < -0.3 is 9.84 Å². The number of nitro groups is 1. The van der Waals surface area contributed by atoms with Gasteiger partial charge in [0.05, 0.1) is 17.1 Å². The largest absolute Gasteiger partial charge is 0.489 e. The Morgan fingerprint density at radius 2 is 2.14 bits per heavy atom. The van der Waals surface area contributed by atoms with Gasteiger partial charge in [-0.1, -0.05) is 31.4 Å². The second-order valence-electron chi connectivity index (χ2n) is 5.38. The second-order valence-corrected chi connectivity index (χ2v) is 5.38. The van der Waals surface area contributed by atoms with Gasteiger partial charge in [-0.15, -0.1) is 0 Å². The molecule has 1 fully saturated rings. The summed E-state index contributed by atoms with van der Waals surface area (Å²) in [6.07, 6.45) is 8.95. The highest BCUT2D eigenvalue weighted by Crippen LogP contribution is 2.27. The van der Waals surface area contributed by atoms with Gasteiger partial charge in [0.15, 0.2) is 0 Å². The van der Waals surface area contributed by atoms with Crippen LogP contribution in [-0.4, -0.2) is 22.7 Å². The van der Waals surface area contributed by atoms with E-state index in [9.17, 15) is 15.2 Å². The quantitative estimate of drug-likeness (QED) is 0.495. The zero-order valence-electron chi connectivity index (χ0n) is 12.0. The number of hydrogen-bond donors (Lipinski definition) is 1. The smallest absolute Gasteiger partial charge is 0.273 e. The van der Waals surface area contributed by atoms with Crippen LogP contribution in [0.4, 0.5) is 5.69 Å². The summed E-state index contributed by atoms with van der Waals surface area (Å²) in [6, 6.07) is 6.09. The standard InChI is InChI=1S/C16H21NO4/c18-16(13-6-2-1-3-7-13)10-5-11-21-15-9-4-8-14(12-15)17(19)20/h4-5,8-10,12-13,16,18H,1-3,6-7,11H2/b10-5+/t16-/m1/s1. The maximum Gasteiger partial charge on any atom is 0.273 e. The highest BCUT2D eigenvalue weighted by Gasteiger charge is 2.19. The van der Waals surface area contributed by atoms with Crippen LogP contribution in [0, 0.1) is 16.0 Å². The lowest BCUT2D eigenvalue weighted by atomic mass is 9.85. The summed E-state index contributed by atoms with van der Waals surface area (Å²) in [5, 5.41) is 20.7. The van der Waals surface area contributed by atoms with Crippen LogP contribution in [0.15, 0.2) is 36.4 Å². The van der Waals surface area contributed by atoms with Gasteiger partial charge in [-0.3, -0.25) is 10.1 Å². The molecule has 0 aliphatic heterocycles. The van der Waals surface area contributed by atoms with Crippen LogP contribution in [0.5, 0.6) is 5.75 Å². The monoisotopic (exact) mass is 291 g/mol. The third-order valence-corrected chi connectivity index (χ3v) is 3.84. The van der Waals surface area contributed by atoms with Crippen molar-refractivity contribution in [2.24, 2.45) is 5.92 Å². The Morgan fingerprint density at radius 3 is 2.86 bits per heavy atom. The van der Waals surface area contributed by atoms with Crippen molar-refractivity contribution in [3.05, 3.63) is 46.5 Å². The Bertz CT molecular complexity index is 495. The first-order chi connectivity index (χ1) is 10.2. The highest BCUT2D eigenvalue weighted by molar-refractivity contribution is 5.37. The van der Waals surface area contributed by atoms with Crippen LogP contribution in [-0.2, 0) is 0 Å². The molecule has 0 saturated heterocycles. The molecule has 1 N–H and O–H groups in total. The SMILES string of the molecule is O=[N+]([O-])c1cccc(OC/C=C/[C@@H](O)C2CCCCC2)c1. The van der Waals surface area contributed by atoms with Gasteiger partial charge in [0.25, 0.3) is 5.69 Å². The molecule has 1 aromatic rings. The van der Waals surface area contributed by atoms with Crippen LogP contribution in [0.25, 0.3) is 0 Å². The molecule has 1 aromatic carbocycles. The summed E-state index contributed by atoms with van der Waals surface area (Å²) < 4.78 is 5.43. The molecule has 21 heavy (non-hydrogen) atoms. The molecule has 2 rings (SSSR count). The molecule has 0 aromatic heterocycles. The average molecular weight is 291 g/mol. The molecule has 1 saturated carbocycles. The van der Waals surface area contributed by atoms with Crippen molar-refractivity contribution in [2.45, 2.75) is 38.2 Å². The fourth-order valence-electron chi connectivity index (χ4n) is 2.66. The number of nitro benzene ring substituents is 1. The number of rotatable bonds is 6. The maximum atomic E-state index is 10.7. The van der Waals surface area contributed by atoms with E-state index in [-0.39, 0.29) is 5.69 Å². The van der Waals surface area contributed by atoms with E-state index in [4.69, 9.17) is 4.74 Å². The maximum absolute atomic E-state index is 10.7. The Hall–Kier alpha value is -1.88. The normalized spacial score (nSPS) is 17.8. The molecule has 0 amide bonds. The lowest BCUT2D eigenvalue weighted by Gasteiger charge is -2.24. The molecule has 0 unspecified atom stereocenters. The van der Waals surface area contributed by atoms with Crippen LogP contribution in [0.2, 0.25) is 0 Å². The number of ether oxygens (including phenoxy) is 1. The average Bonchev–Trinajstić information content (AvgIpc) is 2.52. The topological polar surface area (TPSA) is 72.6 Å². The van der Waals surface area contributed by atoms with E-state index >= 15 is 0 Å². The fourth-order valence-corrected chi connectivity index (χ4v) is 2.66. The highest BCUT2D eigenvalue weighted by atomic mass is 16.6. The molecule has 1 aliphatic carbocycles. The lowest BCUT2D eigenvalue weighted by Crippen LogP contribution is -2.20. The number of nitrogens with zero attached hydrogens (tertiary/aromatic N) is 1. The molecular weight excluding hydrogens is 270 g/mol. The van der Waals surface area contributed by atoms with Gasteiger partial charge in [0, 0.05) is 6.07 Å². The summed E-state index contributed by atoms with van der Waals surface area (Å²) in [4.78, 5) is 10.2. The number of hydrogen-bond acceptors (Lipinski definition) is 4. The van der Waals surface area contributed by atoms with Crippen LogP contribution in [0.3, 0.4) is 0 Å². The van der Waals surface area contributed by atoms with Gasteiger partial charge in [-0.2, -0.15) is 0 Å². The zero-order valence-corrected chi connectivity index (χ0v) is 12.0. The molecule has 1 aliphatic rings. The van der Waals surface area contributed by atoms with Gasteiger partial charge in [0.2, 0.25) is 0 Å². The fraction of sp³-hybridized carbons (Fsp3) is 0.500. The molecule has 5 nitrogen and oxygen atoms in total. The van der Waals surface area contributed by atoms with E-state index in [0.717, 1.165) is 12.8 Å². The number of non-ortho nitro benzene ring substituents is 1. The van der Waals surface area contributed by atoms with Crippen LogP contribution in [0.1, 0.15) is 32.1 Å². The zero-order chi connectivity index (χ0) is 15.1. The molecule has 0 heterocycles. The first kappa shape index (κ1) is 15.5. The molecule has 0 bridgehead atoms. The van der Waals surface area contributed by atoms with Crippen molar-refractivity contribution in [1.82, 2.24) is 0 Å². The Balaban J connectivity index is 1.79. The lowest BCUT2D eigenvalue weighted by molar-refractivity contribution is -0.384. The summed E-state index contributed by atoms with van der Waals surface area (Å²) in [7, 11) is 0. The van der Waals surface area contributed by atoms with Gasteiger partial charge in [0.1, 0.15) is 12.4 Å². The Kier molecular flexibility index (Phi) is 5.75. The van der Waals surface area contributed by atoms with E-state index in [0.29, 0.717) is 18.3 Å². The predicted molar refractivity (Wildman–Crippen MR) is 80.3 cm³/mol.